The Morgan fingerprint density at radius 2 is 1.97 bits per heavy atom. The molecule has 3 heterocycles. The van der Waals surface area contributed by atoms with Crippen LogP contribution in [-0.2, 0) is 17.8 Å². The number of hydrogen-bond donors (Lipinski definition) is 1. The van der Waals surface area contributed by atoms with Gasteiger partial charge in [0.1, 0.15) is 11.6 Å². The van der Waals surface area contributed by atoms with Crippen molar-refractivity contribution in [3.05, 3.63) is 52.9 Å². The first kappa shape index (κ1) is 19.2. The minimum atomic E-state index is -0.500. The highest BCUT2D eigenvalue weighted by Crippen LogP contribution is 2.34. The molecule has 1 aliphatic rings. The van der Waals surface area contributed by atoms with E-state index in [1.807, 2.05) is 11.5 Å². The molecule has 1 unspecified atom stereocenters. The number of carbonyl (C=O) groups excluding carboxylic acids is 2. The number of primary amides is 1. The molecule has 3 aromatic rings. The Bertz CT molecular complexity index is 1090. The molecule has 2 amide bonds. The molecule has 0 fully saturated rings. The Hall–Kier alpha value is -3.14. The number of halogens is 1. The van der Waals surface area contributed by atoms with Crippen LogP contribution in [0, 0.1) is 12.7 Å². The Kier molecular flexibility index (Phi) is 4.87. The summed E-state index contributed by atoms with van der Waals surface area (Å²) < 4.78 is 19.4. The van der Waals surface area contributed by atoms with Crippen LogP contribution in [0.1, 0.15) is 40.5 Å². The molecular formula is C19H19FN6O2S. The number of imidazole rings is 1. The molecular weight excluding hydrogens is 395 g/mol. The number of aryl methyl sites for hydroxylation is 1. The summed E-state index contributed by atoms with van der Waals surface area (Å²) in [5.74, 6) is 0.175. The SMILES string of the molecule is Cc1nsc(-c2nc(CC(N)=O)c3n2CCN(C(=O)c2ccc(F)cc2)C3C)n1. The van der Waals surface area contributed by atoms with E-state index in [4.69, 9.17) is 5.73 Å². The fourth-order valence-electron chi connectivity index (χ4n) is 3.64. The molecule has 0 aliphatic carbocycles. The van der Waals surface area contributed by atoms with Crippen molar-refractivity contribution in [1.82, 2.24) is 23.8 Å². The van der Waals surface area contributed by atoms with Crippen molar-refractivity contribution in [3.8, 4) is 10.8 Å². The number of carbonyl (C=O) groups is 2. The van der Waals surface area contributed by atoms with E-state index in [1.165, 1.54) is 35.8 Å². The van der Waals surface area contributed by atoms with Crippen LogP contribution in [0.25, 0.3) is 10.8 Å². The Morgan fingerprint density at radius 1 is 1.24 bits per heavy atom. The first-order valence-corrected chi connectivity index (χ1v) is 9.87. The van der Waals surface area contributed by atoms with Crippen LogP contribution in [0.15, 0.2) is 24.3 Å². The third kappa shape index (κ3) is 3.51. The van der Waals surface area contributed by atoms with E-state index in [1.54, 1.807) is 11.8 Å². The van der Waals surface area contributed by atoms with Gasteiger partial charge in [-0.05, 0) is 49.6 Å². The molecule has 2 aromatic heterocycles. The largest absolute Gasteiger partial charge is 0.369 e. The van der Waals surface area contributed by atoms with E-state index in [0.29, 0.717) is 41.0 Å². The van der Waals surface area contributed by atoms with Crippen molar-refractivity contribution in [2.24, 2.45) is 5.73 Å². The fraction of sp³-hybridized carbons (Fsp3) is 0.316. The molecule has 150 valence electrons. The third-order valence-electron chi connectivity index (χ3n) is 4.92. The van der Waals surface area contributed by atoms with Gasteiger partial charge in [0.2, 0.25) is 5.91 Å². The summed E-state index contributed by atoms with van der Waals surface area (Å²) >= 11 is 1.24. The number of amides is 2. The second-order valence-electron chi connectivity index (χ2n) is 6.89. The van der Waals surface area contributed by atoms with Crippen molar-refractivity contribution >= 4 is 23.3 Å². The molecule has 0 bridgehead atoms. The zero-order valence-corrected chi connectivity index (χ0v) is 16.7. The van der Waals surface area contributed by atoms with E-state index in [2.05, 4.69) is 14.3 Å². The second kappa shape index (κ2) is 7.36. The molecule has 1 atom stereocenters. The smallest absolute Gasteiger partial charge is 0.254 e. The van der Waals surface area contributed by atoms with Gasteiger partial charge in [0, 0.05) is 18.7 Å². The highest BCUT2D eigenvalue weighted by molar-refractivity contribution is 7.09. The summed E-state index contributed by atoms with van der Waals surface area (Å²) in [6, 6.07) is 5.12. The predicted molar refractivity (Wildman–Crippen MR) is 105 cm³/mol. The van der Waals surface area contributed by atoms with Crippen LogP contribution >= 0.6 is 11.5 Å². The molecule has 4 rings (SSSR count). The van der Waals surface area contributed by atoms with Gasteiger partial charge < -0.3 is 15.2 Å². The Labute approximate surface area is 170 Å². The van der Waals surface area contributed by atoms with Gasteiger partial charge in [-0.3, -0.25) is 9.59 Å². The molecule has 0 spiro atoms. The van der Waals surface area contributed by atoms with E-state index < -0.39 is 11.7 Å². The number of nitrogens with zero attached hydrogens (tertiary/aromatic N) is 5. The minimum absolute atomic E-state index is 0.0317. The molecule has 0 saturated carbocycles. The molecule has 29 heavy (non-hydrogen) atoms. The van der Waals surface area contributed by atoms with Crippen molar-refractivity contribution in [2.75, 3.05) is 6.54 Å². The highest BCUT2D eigenvalue weighted by Gasteiger charge is 2.34. The minimum Gasteiger partial charge on any atom is -0.369 e. The molecule has 1 aliphatic heterocycles. The number of hydrogen-bond acceptors (Lipinski definition) is 6. The highest BCUT2D eigenvalue weighted by atomic mass is 32.1. The van der Waals surface area contributed by atoms with Crippen molar-refractivity contribution in [1.29, 1.82) is 0 Å². The molecule has 0 saturated heterocycles. The van der Waals surface area contributed by atoms with Crippen LogP contribution in [0.3, 0.4) is 0 Å². The van der Waals surface area contributed by atoms with Gasteiger partial charge in [-0.15, -0.1) is 0 Å². The van der Waals surface area contributed by atoms with E-state index in [9.17, 15) is 14.0 Å². The maximum Gasteiger partial charge on any atom is 0.254 e. The van der Waals surface area contributed by atoms with Crippen molar-refractivity contribution in [3.63, 3.8) is 0 Å². The Morgan fingerprint density at radius 3 is 2.59 bits per heavy atom. The summed E-state index contributed by atoms with van der Waals surface area (Å²) in [6.07, 6.45) is -0.0317. The summed E-state index contributed by atoms with van der Waals surface area (Å²) in [4.78, 5) is 35.4. The van der Waals surface area contributed by atoms with Gasteiger partial charge in [-0.1, -0.05) is 0 Å². The zero-order chi connectivity index (χ0) is 20.7. The monoisotopic (exact) mass is 414 g/mol. The first-order valence-electron chi connectivity index (χ1n) is 9.10. The number of nitrogens with two attached hydrogens (primary N) is 1. The van der Waals surface area contributed by atoms with Crippen LogP contribution in [0.5, 0.6) is 0 Å². The van der Waals surface area contributed by atoms with Crippen LogP contribution in [0.2, 0.25) is 0 Å². The predicted octanol–water partition coefficient (Wildman–Crippen LogP) is 2.09. The Balaban J connectivity index is 1.74. The topological polar surface area (TPSA) is 107 Å². The maximum absolute atomic E-state index is 13.2. The van der Waals surface area contributed by atoms with E-state index in [-0.39, 0.29) is 18.4 Å². The van der Waals surface area contributed by atoms with Gasteiger partial charge in [0.25, 0.3) is 5.91 Å². The number of benzene rings is 1. The standard InChI is InChI=1S/C19H19FN6O2S/c1-10-16-14(9-15(21)27)23-17(18-22-11(2)24-29-18)26(16)8-7-25(10)19(28)12-3-5-13(20)6-4-12/h3-6,10H,7-9H2,1-2H3,(H2,21,27). The van der Waals surface area contributed by atoms with E-state index in [0.717, 1.165) is 5.69 Å². The van der Waals surface area contributed by atoms with Gasteiger partial charge >= 0.3 is 0 Å². The summed E-state index contributed by atoms with van der Waals surface area (Å²) in [5, 5.41) is 0.657. The average Bonchev–Trinajstić information content (AvgIpc) is 3.26. The van der Waals surface area contributed by atoms with Crippen LogP contribution in [-0.4, -0.2) is 42.2 Å². The lowest BCUT2D eigenvalue weighted by atomic mass is 10.1. The van der Waals surface area contributed by atoms with Crippen LogP contribution in [0.4, 0.5) is 4.39 Å². The van der Waals surface area contributed by atoms with E-state index >= 15 is 0 Å². The first-order chi connectivity index (χ1) is 13.8. The summed E-state index contributed by atoms with van der Waals surface area (Å²) in [7, 11) is 0. The number of aromatic nitrogens is 4. The maximum atomic E-state index is 13.2. The summed E-state index contributed by atoms with van der Waals surface area (Å²) in [6.45, 7) is 4.62. The fourth-order valence-corrected chi connectivity index (χ4v) is 4.31. The third-order valence-corrected chi connectivity index (χ3v) is 5.73. The van der Waals surface area contributed by atoms with Gasteiger partial charge in [0.05, 0.1) is 23.9 Å². The van der Waals surface area contributed by atoms with Gasteiger partial charge in [-0.2, -0.15) is 4.37 Å². The molecule has 10 heteroatoms. The van der Waals surface area contributed by atoms with Crippen molar-refractivity contribution in [2.45, 2.75) is 32.9 Å². The quantitative estimate of drug-likeness (QED) is 0.704. The molecule has 0 radical (unpaired) electrons. The summed E-state index contributed by atoms with van der Waals surface area (Å²) in [5.41, 5.74) is 7.12. The second-order valence-corrected chi connectivity index (χ2v) is 7.64. The number of fused-ring (bicyclic) bond motifs is 1. The number of rotatable bonds is 4. The lowest BCUT2D eigenvalue weighted by Gasteiger charge is -2.35. The van der Waals surface area contributed by atoms with Gasteiger partial charge in [-0.25, -0.2) is 14.4 Å². The molecule has 8 nitrogen and oxygen atoms in total. The van der Waals surface area contributed by atoms with Crippen molar-refractivity contribution < 1.29 is 14.0 Å². The zero-order valence-electron chi connectivity index (χ0n) is 15.9. The lowest BCUT2D eigenvalue weighted by molar-refractivity contribution is -0.117. The normalized spacial score (nSPS) is 16.0. The molecule has 1 aromatic carbocycles. The average molecular weight is 414 g/mol. The van der Waals surface area contributed by atoms with Gasteiger partial charge in [0.15, 0.2) is 10.8 Å². The van der Waals surface area contributed by atoms with Crippen LogP contribution < -0.4 is 5.73 Å². The lowest BCUT2D eigenvalue weighted by Crippen LogP contribution is -2.41. The molecule has 2 N–H and O–H groups in total.